The molecule has 3 aromatic carbocycles. The van der Waals surface area contributed by atoms with E-state index >= 15 is 28.8 Å². The summed E-state index contributed by atoms with van der Waals surface area (Å²) in [6.45, 7) is -0.480. The fraction of sp³-hybridized carbons (Fsp3) is 0.500. The minimum absolute atomic E-state index is 0.0573. The number of rotatable bonds is 24. The Morgan fingerprint density at radius 2 is 1.13 bits per heavy atom. The number of carboxylic acid groups (broad SMARTS) is 1. The van der Waals surface area contributed by atoms with E-state index in [-0.39, 0.29) is 69.5 Å². The number of imidazole rings is 1. The third-order valence-corrected chi connectivity index (χ3v) is 24.3. The molecule has 15 atom stereocenters. The third-order valence-electron chi connectivity index (χ3n) is 23.3. The van der Waals surface area contributed by atoms with Crippen LogP contribution in [0, 0.1) is 0 Å². The predicted molar refractivity (Wildman–Crippen MR) is 474 cm³/mol. The number of aliphatic carboxylic acids is 1. The fourth-order valence-electron chi connectivity index (χ4n) is 15.9. The van der Waals surface area contributed by atoms with E-state index in [1.54, 1.807) is 67.8 Å². The van der Waals surface area contributed by atoms with Gasteiger partial charge in [-0.3, -0.25) is 86.3 Å². The maximum atomic E-state index is 15.6. The predicted octanol–water partition coefficient (Wildman–Crippen LogP) is -5.57. The third kappa shape index (κ3) is 27.5. The number of primary amides is 2. The molecule has 3 aromatic heterocycles. The van der Waals surface area contributed by atoms with Gasteiger partial charge >= 0.3 is 5.97 Å². The number of carbonyl (C=O) groups is 18. The Bertz CT molecular complexity index is 5150. The first-order chi connectivity index (χ1) is 62.9. The van der Waals surface area contributed by atoms with Crippen LogP contribution in [0.4, 0.5) is 0 Å². The van der Waals surface area contributed by atoms with E-state index in [2.05, 4.69) is 73.1 Å². The molecule has 6 aromatic rings. The number of hydrogen-bond acceptors (Lipinski definition) is 25. The Balaban J connectivity index is 1.09. The van der Waals surface area contributed by atoms with Crippen molar-refractivity contribution < 1.29 is 111 Å². The standard InChI is InChI=1S/C86H116N22O23S/c1-7-8-18-65-79(123)101-62(35-87)77(121)103-64(74(118)93-39-70(89)113)42-132-43-71(114)95-59(29-46-20-22-50(110)23-21-46)82(126)104(3)45(2)73(117)99-61(34-72(115)116)85(129)107-27-13-19-66(107)80(124)98-58(32-49-38-90-44-94-49)76(120)96-56(24-25-69(88)112)84(128)108-40-51(111)33-68(108)81(125)97-57(30-47-36-91-54-16-11-9-14-52(47)54)75(119)102-63(41-109)78(122)100-60(31-48-37-92-55-17-12-10-15-53(48)55)83(127)106(5)67(26-28-131-6)86(130)105(65)4/h9-12,14-17,20-23,36-38,44-45,51,56-68,91-92,109-111H,7-8,13,18-19,24-35,39-43,87H2,1-6H3,(H2,88,112)(H2,89,113)(H,90,94)(H,93,118)(H,95,114)(H,96,120)(H,97,125)(H,98,124)(H,99,117)(H,100,122)(H,101,123)(H,102,119)(H,103,121)(H,115,116)/t45-,51+,56-,57-,58-,59-,60-,61+,62-,63-,64-,65-,66-,67-,68-/m0/s1. The lowest BCUT2D eigenvalue weighted by Crippen LogP contribution is -2.62. The number of phenolic OH excluding ortho intramolecular Hbond substituents is 1. The van der Waals surface area contributed by atoms with Crippen molar-refractivity contribution in [3.63, 3.8) is 0 Å². The maximum absolute atomic E-state index is 15.6. The summed E-state index contributed by atoms with van der Waals surface area (Å²) in [7, 11) is 5.04. The summed E-state index contributed by atoms with van der Waals surface area (Å²) in [4.78, 5) is 278. The number of H-pyrrole nitrogens is 3. The van der Waals surface area contributed by atoms with Crippen molar-refractivity contribution in [2.75, 3.05) is 79.2 Å². The molecule has 0 radical (unpaired) electrons. The van der Waals surface area contributed by atoms with Crippen LogP contribution in [-0.4, -0.2) is 341 Å². The Kier molecular flexibility index (Phi) is 37.4. The highest BCUT2D eigenvalue weighted by molar-refractivity contribution is 8.00. The molecule has 17 amide bonds. The number of phenols is 1. The van der Waals surface area contributed by atoms with Crippen LogP contribution < -0.4 is 70.4 Å². The molecule has 3 aliphatic rings. The SMILES string of the molecule is CCCC[C@H]1C(=O)N[C@@H](CN)C(=O)N[C@H](C(=O)NCC(N)=O)CSCC(=O)N[C@@H](Cc2ccc(O)cc2)C(=O)N(C)[C@@H](C)C(=O)N[C@H](CC(=O)O)C(=O)N2CCC[C@H]2C(=O)N[C@@H](Cc2c[nH]cn2)C(=O)N[C@@H](CCC(N)=O)C(=O)N2C[C@H](O)C[C@H]2C(=O)N[C@@H](Cc2c[nH]c3ccccc23)C(=O)N[C@@H](CO)C(=O)N[C@@H](Cc2c[nH]c3ccccc23)C(=O)N(C)[C@@H](CCOC)C(=O)N1C. The summed E-state index contributed by atoms with van der Waals surface area (Å²) < 4.78 is 5.46. The number of ether oxygens (including phenoxy) is 1. The second-order valence-electron chi connectivity index (χ2n) is 32.7. The highest BCUT2D eigenvalue weighted by Gasteiger charge is 2.47. The van der Waals surface area contributed by atoms with Gasteiger partial charge in [0.05, 0.1) is 43.5 Å². The molecular formula is C86H116N22O23S. The van der Waals surface area contributed by atoms with Gasteiger partial charge in [-0.05, 0) is 73.6 Å². The zero-order chi connectivity index (χ0) is 96.3. The number of aliphatic hydroxyl groups is 2. The number of aliphatic hydroxyl groups excluding tert-OH is 2. The van der Waals surface area contributed by atoms with Crippen molar-refractivity contribution in [2.45, 2.75) is 194 Å². The number of fused-ring (bicyclic) bond motifs is 4. The number of likely N-dealkylation sites (N-methyl/N-ethyl adjacent to an activating group) is 3. The Morgan fingerprint density at radius 3 is 1.73 bits per heavy atom. The normalized spacial score (nSPS) is 25.0. The van der Waals surface area contributed by atoms with Crippen molar-refractivity contribution in [3.05, 3.63) is 120 Å². The summed E-state index contributed by atoms with van der Waals surface area (Å²) in [5.74, 6) is -20.1. The van der Waals surface area contributed by atoms with Crippen LogP contribution in [0.2, 0.25) is 0 Å². The number of amides is 17. The first-order valence-electron chi connectivity index (χ1n) is 43.0. The van der Waals surface area contributed by atoms with Gasteiger partial charge in [-0.15, -0.1) is 11.8 Å². The van der Waals surface area contributed by atoms with Crippen LogP contribution in [0.1, 0.15) is 100 Å². The molecule has 45 nitrogen and oxygen atoms in total. The summed E-state index contributed by atoms with van der Waals surface area (Å²) in [5.41, 5.74) is 19.8. The van der Waals surface area contributed by atoms with Crippen molar-refractivity contribution >= 4 is 140 Å². The number of thioether (sulfide) groups is 1. The number of carbonyl (C=O) groups excluding carboxylic acids is 17. The van der Waals surface area contributed by atoms with E-state index in [4.69, 9.17) is 21.9 Å². The van der Waals surface area contributed by atoms with Gasteiger partial charge in [-0.2, -0.15) is 0 Å². The Labute approximate surface area is 762 Å². The summed E-state index contributed by atoms with van der Waals surface area (Å²) >= 11 is 0.728. The molecule has 46 heteroatoms. The molecule has 23 N–H and O–H groups in total. The number of methoxy groups -OCH3 is 1. The average molecular weight is 1860 g/mol. The molecule has 3 fully saturated rings. The monoisotopic (exact) mass is 1860 g/mol. The van der Waals surface area contributed by atoms with Crippen molar-refractivity contribution in [1.29, 1.82) is 0 Å². The summed E-state index contributed by atoms with van der Waals surface area (Å²) in [6, 6.07) is -4.03. The number of carboxylic acids is 1. The van der Waals surface area contributed by atoms with Crippen molar-refractivity contribution in [2.24, 2.45) is 17.2 Å². The molecule has 3 aliphatic heterocycles. The first kappa shape index (κ1) is 102. The number of nitrogens with zero attached hydrogens (tertiary/aromatic N) is 6. The van der Waals surface area contributed by atoms with E-state index in [0.717, 1.165) is 36.3 Å². The average Bonchev–Trinajstić information content (AvgIpc) is 1.73. The van der Waals surface area contributed by atoms with Gasteiger partial charge in [0.25, 0.3) is 0 Å². The Hall–Kier alpha value is -13.6. The zero-order valence-corrected chi connectivity index (χ0v) is 74.6. The largest absolute Gasteiger partial charge is 0.508 e. The second-order valence-corrected chi connectivity index (χ2v) is 33.7. The van der Waals surface area contributed by atoms with Gasteiger partial charge in [-0.1, -0.05) is 68.3 Å². The van der Waals surface area contributed by atoms with Gasteiger partial charge in [0.2, 0.25) is 100 Å². The topological polar surface area (TPSA) is 672 Å². The van der Waals surface area contributed by atoms with E-state index < -0.39 is 267 Å². The van der Waals surface area contributed by atoms with Crippen LogP contribution in [-0.2, 0) is 117 Å². The summed E-state index contributed by atoms with van der Waals surface area (Å²) in [6.07, 6.45) is 0.647. The lowest BCUT2D eigenvalue weighted by Gasteiger charge is -2.36. The lowest BCUT2D eigenvalue weighted by molar-refractivity contribution is -0.150. The molecular weight excluding hydrogens is 1740 g/mol. The van der Waals surface area contributed by atoms with Crippen LogP contribution in [0.15, 0.2) is 97.7 Å². The quantitative estimate of drug-likeness (QED) is 0.0269. The smallest absolute Gasteiger partial charge is 0.305 e. The Morgan fingerprint density at radius 1 is 0.576 bits per heavy atom. The second kappa shape index (κ2) is 48.3. The van der Waals surface area contributed by atoms with Crippen molar-refractivity contribution in [1.82, 2.24) is 97.6 Å². The number of benzene rings is 3. The van der Waals surface area contributed by atoms with E-state index in [9.17, 15) is 78.0 Å². The number of para-hydroxylation sites is 2. The number of nitrogens with two attached hydrogens (primary N) is 3. The molecule has 714 valence electrons. The number of nitrogens with one attached hydrogen (secondary N) is 13. The minimum atomic E-state index is -1.95. The van der Waals surface area contributed by atoms with Crippen LogP contribution in [0.5, 0.6) is 5.75 Å². The molecule has 9 rings (SSSR count). The lowest BCUT2D eigenvalue weighted by atomic mass is 10.0. The van der Waals surface area contributed by atoms with Gasteiger partial charge in [-0.25, -0.2) is 4.98 Å². The fourth-order valence-corrected chi connectivity index (χ4v) is 16.7. The first-order valence-corrected chi connectivity index (χ1v) is 44.2. The molecule has 3 saturated heterocycles. The van der Waals surface area contributed by atoms with E-state index in [1.807, 2.05) is 0 Å². The maximum Gasteiger partial charge on any atom is 0.305 e. The van der Waals surface area contributed by atoms with Gasteiger partial charge in [0, 0.05) is 146 Å². The molecule has 0 aliphatic carbocycles. The molecule has 0 spiro atoms. The number of aromatic amines is 3. The van der Waals surface area contributed by atoms with Crippen LogP contribution in [0.3, 0.4) is 0 Å². The van der Waals surface area contributed by atoms with Gasteiger partial charge in [0.1, 0.15) is 90.3 Å². The summed E-state index contributed by atoms with van der Waals surface area (Å²) in [5, 5.41) is 69.5. The van der Waals surface area contributed by atoms with Crippen LogP contribution >= 0.6 is 11.8 Å². The van der Waals surface area contributed by atoms with Crippen molar-refractivity contribution in [3.8, 4) is 5.75 Å². The number of hydrogen-bond donors (Lipinski definition) is 20. The number of aromatic hydroxyl groups is 1. The molecule has 0 bridgehead atoms. The highest BCUT2D eigenvalue weighted by Crippen LogP contribution is 2.28. The van der Waals surface area contributed by atoms with E-state index in [1.165, 1.54) is 72.0 Å². The number of aromatic nitrogens is 4. The zero-order valence-electron chi connectivity index (χ0n) is 73.8. The molecule has 6 heterocycles. The van der Waals surface area contributed by atoms with Gasteiger partial charge < -0.3 is 135 Å². The minimum Gasteiger partial charge on any atom is -0.508 e. The highest BCUT2D eigenvalue weighted by atomic mass is 32.2. The molecule has 0 saturated carbocycles. The van der Waals surface area contributed by atoms with Gasteiger partial charge in [0.15, 0.2) is 0 Å². The van der Waals surface area contributed by atoms with Crippen LogP contribution in [0.25, 0.3) is 21.8 Å². The number of unbranched alkanes of at least 4 members (excludes halogenated alkanes) is 1. The van der Waals surface area contributed by atoms with E-state index in [0.29, 0.717) is 51.3 Å². The molecule has 132 heavy (non-hydrogen) atoms. The molecule has 0 unspecified atom stereocenters.